The Balaban J connectivity index is 2.25. The van der Waals surface area contributed by atoms with Crippen molar-refractivity contribution in [2.45, 2.75) is 50.7 Å². The van der Waals surface area contributed by atoms with Gasteiger partial charge in [-0.15, -0.1) is 0 Å². The van der Waals surface area contributed by atoms with Crippen molar-refractivity contribution >= 4 is 0 Å². The first-order valence-electron chi connectivity index (χ1n) is 6.59. The number of hydrogen-bond acceptors (Lipinski definition) is 2. The van der Waals surface area contributed by atoms with Crippen LogP contribution in [0.1, 0.15) is 50.5 Å². The molecule has 1 aliphatic rings. The largest absolute Gasteiger partial charge is 0.365 e. The summed E-state index contributed by atoms with van der Waals surface area (Å²) >= 11 is 0. The lowest BCUT2D eigenvalue weighted by Gasteiger charge is -2.37. The molecule has 1 fully saturated rings. The Morgan fingerprint density at radius 3 is 2.18 bits per heavy atom. The highest BCUT2D eigenvalue weighted by atomic mass is 16.5. The summed E-state index contributed by atoms with van der Waals surface area (Å²) in [5.74, 6) is -1.39. The molecule has 2 rings (SSSR count). The van der Waals surface area contributed by atoms with Crippen LogP contribution >= 0.6 is 0 Å². The first kappa shape index (κ1) is 12.6. The van der Waals surface area contributed by atoms with Crippen LogP contribution in [0.25, 0.3) is 0 Å². The molecule has 0 saturated heterocycles. The molecule has 0 bridgehead atoms. The van der Waals surface area contributed by atoms with Crippen LogP contribution in [0.2, 0.25) is 0 Å². The Hall–Kier alpha value is -0.860. The van der Waals surface area contributed by atoms with Crippen LogP contribution in [0.4, 0.5) is 0 Å². The molecule has 1 unspecified atom stereocenters. The Bertz CT molecular complexity index is 334. The molecule has 2 nitrogen and oxygen atoms in total. The normalized spacial score (nSPS) is 20.2. The van der Waals surface area contributed by atoms with Crippen LogP contribution in [0.3, 0.4) is 0 Å². The van der Waals surface area contributed by atoms with Crippen molar-refractivity contribution in [3.63, 3.8) is 0 Å². The summed E-state index contributed by atoms with van der Waals surface area (Å²) in [7, 11) is 0. The Morgan fingerprint density at radius 2 is 1.65 bits per heavy atom. The number of benzene rings is 1. The molecule has 0 radical (unpaired) electrons. The molecular weight excluding hydrogens is 212 g/mol. The number of aliphatic hydroxyl groups is 2. The minimum Gasteiger partial charge on any atom is -0.365 e. The van der Waals surface area contributed by atoms with Gasteiger partial charge in [-0.1, -0.05) is 49.6 Å². The van der Waals surface area contributed by atoms with Gasteiger partial charge in [-0.05, 0) is 31.2 Å². The maximum Gasteiger partial charge on any atom is 0.166 e. The van der Waals surface area contributed by atoms with Gasteiger partial charge in [-0.25, -0.2) is 0 Å². The molecule has 94 valence electrons. The van der Waals surface area contributed by atoms with Crippen molar-refractivity contribution in [2.75, 3.05) is 0 Å². The topological polar surface area (TPSA) is 40.5 Å². The lowest BCUT2D eigenvalue weighted by molar-refractivity contribution is -0.176. The molecule has 0 spiro atoms. The van der Waals surface area contributed by atoms with Crippen LogP contribution in [-0.2, 0) is 0 Å². The summed E-state index contributed by atoms with van der Waals surface area (Å²) in [6.07, 6.45) is 5.92. The fourth-order valence-electron chi connectivity index (χ4n) is 3.16. The molecule has 17 heavy (non-hydrogen) atoms. The van der Waals surface area contributed by atoms with Crippen LogP contribution in [0.5, 0.6) is 0 Å². The van der Waals surface area contributed by atoms with E-state index in [1.54, 1.807) is 0 Å². The van der Waals surface area contributed by atoms with Crippen molar-refractivity contribution in [1.82, 2.24) is 0 Å². The predicted molar refractivity (Wildman–Crippen MR) is 68.6 cm³/mol. The average molecular weight is 234 g/mol. The summed E-state index contributed by atoms with van der Waals surface area (Å²) in [5, 5.41) is 20.1. The highest BCUT2D eigenvalue weighted by Gasteiger charge is 2.37. The zero-order valence-electron chi connectivity index (χ0n) is 10.5. The van der Waals surface area contributed by atoms with Crippen molar-refractivity contribution in [2.24, 2.45) is 5.92 Å². The molecule has 0 heterocycles. The molecule has 1 aromatic rings. The zero-order valence-corrected chi connectivity index (χ0v) is 10.5. The van der Waals surface area contributed by atoms with Crippen molar-refractivity contribution in [3.8, 4) is 0 Å². The summed E-state index contributed by atoms with van der Waals surface area (Å²) in [6, 6.07) is 9.91. The molecule has 2 heteroatoms. The van der Waals surface area contributed by atoms with Crippen LogP contribution in [-0.4, -0.2) is 16.0 Å². The van der Waals surface area contributed by atoms with E-state index in [0.29, 0.717) is 5.92 Å². The van der Waals surface area contributed by atoms with E-state index < -0.39 is 5.79 Å². The quantitative estimate of drug-likeness (QED) is 0.789. The van der Waals surface area contributed by atoms with Crippen LogP contribution in [0, 0.1) is 5.92 Å². The van der Waals surface area contributed by atoms with E-state index in [-0.39, 0.29) is 5.92 Å². The van der Waals surface area contributed by atoms with Crippen molar-refractivity contribution in [3.05, 3.63) is 35.9 Å². The second kappa shape index (κ2) is 5.19. The average Bonchev–Trinajstić information content (AvgIpc) is 2.30. The fourth-order valence-corrected chi connectivity index (χ4v) is 3.16. The minimum atomic E-state index is -1.62. The van der Waals surface area contributed by atoms with E-state index in [0.717, 1.165) is 18.4 Å². The third-order valence-corrected chi connectivity index (χ3v) is 3.87. The molecule has 0 amide bonds. The molecule has 1 aliphatic carbocycles. The monoisotopic (exact) mass is 234 g/mol. The minimum absolute atomic E-state index is 0.163. The molecule has 1 saturated carbocycles. The second-order valence-corrected chi connectivity index (χ2v) is 5.38. The van der Waals surface area contributed by atoms with E-state index in [4.69, 9.17) is 0 Å². The van der Waals surface area contributed by atoms with Crippen molar-refractivity contribution < 1.29 is 10.2 Å². The van der Waals surface area contributed by atoms with Gasteiger partial charge < -0.3 is 10.2 Å². The smallest absolute Gasteiger partial charge is 0.166 e. The summed E-state index contributed by atoms with van der Waals surface area (Å²) in [6.45, 7) is 1.51. The molecule has 1 atom stereocenters. The van der Waals surface area contributed by atoms with Crippen LogP contribution in [0.15, 0.2) is 30.3 Å². The maximum atomic E-state index is 10.0. The van der Waals surface area contributed by atoms with Crippen LogP contribution < -0.4 is 0 Å². The number of hydrogen-bond donors (Lipinski definition) is 2. The Kier molecular flexibility index (Phi) is 3.85. The second-order valence-electron chi connectivity index (χ2n) is 5.38. The van der Waals surface area contributed by atoms with E-state index >= 15 is 0 Å². The maximum absolute atomic E-state index is 10.0. The van der Waals surface area contributed by atoms with Gasteiger partial charge in [0.15, 0.2) is 5.79 Å². The van der Waals surface area contributed by atoms with Gasteiger partial charge >= 0.3 is 0 Å². The zero-order chi connectivity index (χ0) is 12.3. The first-order valence-corrected chi connectivity index (χ1v) is 6.59. The van der Waals surface area contributed by atoms with Gasteiger partial charge in [-0.2, -0.15) is 0 Å². The van der Waals surface area contributed by atoms with E-state index in [9.17, 15) is 10.2 Å². The molecular formula is C15H22O2. The van der Waals surface area contributed by atoms with E-state index in [1.165, 1.54) is 26.2 Å². The molecule has 1 aromatic carbocycles. The molecule has 2 N–H and O–H groups in total. The van der Waals surface area contributed by atoms with Gasteiger partial charge in [0.1, 0.15) is 0 Å². The molecule has 0 aromatic heterocycles. The van der Waals surface area contributed by atoms with Gasteiger partial charge in [0, 0.05) is 5.92 Å². The van der Waals surface area contributed by atoms with E-state index in [1.807, 2.05) is 30.3 Å². The number of rotatable bonds is 3. The standard InChI is InChI=1S/C15H22O2/c1-15(16,17)14(12-8-4-2-5-9-12)13-10-6-3-7-11-13/h2,4-5,8-9,13-14,16-17H,3,6-7,10-11H2,1H3. The first-order chi connectivity index (χ1) is 8.09. The fraction of sp³-hybridized carbons (Fsp3) is 0.600. The van der Waals surface area contributed by atoms with Gasteiger partial charge in [-0.3, -0.25) is 0 Å². The Morgan fingerprint density at radius 1 is 1.06 bits per heavy atom. The van der Waals surface area contributed by atoms with Gasteiger partial charge in [0.25, 0.3) is 0 Å². The van der Waals surface area contributed by atoms with E-state index in [2.05, 4.69) is 0 Å². The highest BCUT2D eigenvalue weighted by Crippen LogP contribution is 2.41. The third-order valence-electron chi connectivity index (χ3n) is 3.87. The summed E-state index contributed by atoms with van der Waals surface area (Å²) in [5.41, 5.74) is 1.05. The van der Waals surface area contributed by atoms with Gasteiger partial charge in [0.05, 0.1) is 0 Å². The van der Waals surface area contributed by atoms with Crippen molar-refractivity contribution in [1.29, 1.82) is 0 Å². The summed E-state index contributed by atoms with van der Waals surface area (Å²) < 4.78 is 0. The van der Waals surface area contributed by atoms with Gasteiger partial charge in [0.2, 0.25) is 0 Å². The SMILES string of the molecule is CC(O)(O)C(c1ccccc1)C1CCCCC1. The lowest BCUT2D eigenvalue weighted by atomic mass is 9.73. The third kappa shape index (κ3) is 3.08. The Labute approximate surface area is 103 Å². The summed E-state index contributed by atoms with van der Waals surface area (Å²) in [4.78, 5) is 0. The molecule has 0 aliphatic heterocycles. The lowest BCUT2D eigenvalue weighted by Crippen LogP contribution is -2.37. The predicted octanol–water partition coefficient (Wildman–Crippen LogP) is 3.05. The highest BCUT2D eigenvalue weighted by molar-refractivity contribution is 5.22.